The zero-order chi connectivity index (χ0) is 18.9. The summed E-state index contributed by atoms with van der Waals surface area (Å²) in [6, 6.07) is 3.58. The summed E-state index contributed by atoms with van der Waals surface area (Å²) in [5.74, 6) is 2.43. The van der Waals surface area contributed by atoms with Gasteiger partial charge in [0.2, 0.25) is 11.7 Å². The summed E-state index contributed by atoms with van der Waals surface area (Å²) in [7, 11) is 1.84. The van der Waals surface area contributed by atoms with Crippen LogP contribution in [0.5, 0.6) is 0 Å². The standard InChI is InChI=1S/C17H27N7O2/c1-5-18-17(23(4)12-15(25)24(6-2)7-3)19-11-14-20-16(22-21-14)13-9-8-10-26-13/h8-10H,5-7,11-12H2,1-4H3,(H,18,19)(H,20,21,22). The lowest BCUT2D eigenvalue weighted by Crippen LogP contribution is -2.45. The number of aromatic amines is 1. The predicted molar refractivity (Wildman–Crippen MR) is 99.5 cm³/mol. The SMILES string of the molecule is CCNC(=NCc1nc(-c2ccco2)n[nH]1)N(C)CC(=O)N(CC)CC. The lowest BCUT2D eigenvalue weighted by atomic mass is 10.4. The number of likely N-dealkylation sites (N-methyl/N-ethyl adjacent to an activating group) is 2. The van der Waals surface area contributed by atoms with Gasteiger partial charge in [-0.15, -0.1) is 5.10 Å². The van der Waals surface area contributed by atoms with E-state index in [0.717, 1.165) is 0 Å². The van der Waals surface area contributed by atoms with Gasteiger partial charge in [0, 0.05) is 26.7 Å². The topological polar surface area (TPSA) is 103 Å². The van der Waals surface area contributed by atoms with Crippen LogP contribution >= 0.6 is 0 Å². The van der Waals surface area contributed by atoms with Crippen LogP contribution in [-0.4, -0.2) is 70.1 Å². The molecule has 0 saturated carbocycles. The Labute approximate surface area is 153 Å². The van der Waals surface area contributed by atoms with Crippen LogP contribution in [-0.2, 0) is 11.3 Å². The quantitative estimate of drug-likeness (QED) is 0.543. The van der Waals surface area contributed by atoms with Crippen LogP contribution in [0.3, 0.4) is 0 Å². The number of nitrogens with one attached hydrogen (secondary N) is 2. The van der Waals surface area contributed by atoms with Crippen LogP contribution < -0.4 is 5.32 Å². The van der Waals surface area contributed by atoms with Gasteiger partial charge in [-0.25, -0.2) is 9.98 Å². The highest BCUT2D eigenvalue weighted by molar-refractivity contribution is 5.86. The molecular weight excluding hydrogens is 334 g/mol. The number of hydrogen-bond donors (Lipinski definition) is 2. The predicted octanol–water partition coefficient (Wildman–Crippen LogP) is 1.33. The van der Waals surface area contributed by atoms with Gasteiger partial charge in [0.25, 0.3) is 0 Å². The molecule has 0 unspecified atom stereocenters. The highest BCUT2D eigenvalue weighted by Crippen LogP contribution is 2.14. The first kappa shape index (κ1) is 19.5. The number of rotatable bonds is 8. The average molecular weight is 361 g/mol. The Morgan fingerprint density at radius 2 is 2.12 bits per heavy atom. The Morgan fingerprint density at radius 3 is 2.73 bits per heavy atom. The number of furan rings is 1. The monoisotopic (exact) mass is 361 g/mol. The molecule has 0 saturated heterocycles. The molecule has 0 aliphatic rings. The Bertz CT molecular complexity index is 705. The molecule has 2 aromatic heterocycles. The van der Waals surface area contributed by atoms with E-state index in [0.29, 0.717) is 49.5 Å². The third-order valence-electron chi connectivity index (χ3n) is 3.84. The molecule has 0 fully saturated rings. The van der Waals surface area contributed by atoms with Gasteiger partial charge in [-0.05, 0) is 32.9 Å². The van der Waals surface area contributed by atoms with Crippen LogP contribution in [0.4, 0.5) is 0 Å². The van der Waals surface area contributed by atoms with Crippen molar-refractivity contribution in [2.24, 2.45) is 4.99 Å². The van der Waals surface area contributed by atoms with E-state index in [9.17, 15) is 4.79 Å². The fraction of sp³-hybridized carbons (Fsp3) is 0.529. The maximum Gasteiger partial charge on any atom is 0.242 e. The summed E-state index contributed by atoms with van der Waals surface area (Å²) in [5, 5.41) is 10.2. The minimum atomic E-state index is 0.0721. The Morgan fingerprint density at radius 1 is 1.35 bits per heavy atom. The maximum atomic E-state index is 12.3. The van der Waals surface area contributed by atoms with Gasteiger partial charge < -0.3 is 19.5 Å². The Kier molecular flexibility index (Phi) is 7.19. The first-order valence-electron chi connectivity index (χ1n) is 8.81. The number of guanidine groups is 1. The molecule has 2 rings (SSSR count). The molecule has 2 heterocycles. The fourth-order valence-electron chi connectivity index (χ4n) is 2.46. The Balaban J connectivity index is 2.02. The molecule has 0 radical (unpaired) electrons. The van der Waals surface area contributed by atoms with E-state index >= 15 is 0 Å². The van der Waals surface area contributed by atoms with E-state index in [4.69, 9.17) is 4.42 Å². The van der Waals surface area contributed by atoms with Gasteiger partial charge in [0.15, 0.2) is 11.7 Å². The molecule has 0 atom stereocenters. The largest absolute Gasteiger partial charge is 0.461 e. The number of aliphatic imine (C=N–C) groups is 1. The van der Waals surface area contributed by atoms with Gasteiger partial charge in [-0.3, -0.25) is 9.89 Å². The summed E-state index contributed by atoms with van der Waals surface area (Å²) in [6.07, 6.45) is 1.58. The summed E-state index contributed by atoms with van der Waals surface area (Å²) in [6.45, 7) is 8.62. The van der Waals surface area contributed by atoms with Crippen molar-refractivity contribution in [1.29, 1.82) is 0 Å². The van der Waals surface area contributed by atoms with E-state index < -0.39 is 0 Å². The molecular formula is C17H27N7O2. The molecule has 26 heavy (non-hydrogen) atoms. The Hall–Kier alpha value is -2.84. The summed E-state index contributed by atoms with van der Waals surface area (Å²) in [4.78, 5) is 24.8. The van der Waals surface area contributed by atoms with Crippen molar-refractivity contribution >= 4 is 11.9 Å². The number of nitrogens with zero attached hydrogens (tertiary/aromatic N) is 5. The van der Waals surface area contributed by atoms with Crippen molar-refractivity contribution in [3.05, 3.63) is 24.2 Å². The van der Waals surface area contributed by atoms with E-state index in [2.05, 4.69) is 25.5 Å². The van der Waals surface area contributed by atoms with Gasteiger partial charge in [0.1, 0.15) is 12.4 Å². The fourth-order valence-corrected chi connectivity index (χ4v) is 2.46. The molecule has 2 aromatic rings. The van der Waals surface area contributed by atoms with E-state index in [-0.39, 0.29) is 12.5 Å². The highest BCUT2D eigenvalue weighted by atomic mass is 16.3. The van der Waals surface area contributed by atoms with Crippen molar-refractivity contribution in [2.45, 2.75) is 27.3 Å². The number of aromatic nitrogens is 3. The lowest BCUT2D eigenvalue weighted by Gasteiger charge is -2.25. The van der Waals surface area contributed by atoms with Crippen molar-refractivity contribution in [3.63, 3.8) is 0 Å². The van der Waals surface area contributed by atoms with Gasteiger partial charge in [0.05, 0.1) is 12.8 Å². The van der Waals surface area contributed by atoms with Crippen LogP contribution in [0, 0.1) is 0 Å². The van der Waals surface area contributed by atoms with Gasteiger partial charge in [-0.2, -0.15) is 0 Å². The van der Waals surface area contributed by atoms with Crippen LogP contribution in [0.1, 0.15) is 26.6 Å². The van der Waals surface area contributed by atoms with Gasteiger partial charge >= 0.3 is 0 Å². The smallest absolute Gasteiger partial charge is 0.242 e. The third-order valence-corrected chi connectivity index (χ3v) is 3.84. The average Bonchev–Trinajstić information content (AvgIpc) is 3.30. The molecule has 9 heteroatoms. The lowest BCUT2D eigenvalue weighted by molar-refractivity contribution is -0.131. The summed E-state index contributed by atoms with van der Waals surface area (Å²) in [5.41, 5.74) is 0. The third kappa shape index (κ3) is 5.08. The molecule has 9 nitrogen and oxygen atoms in total. The molecule has 0 spiro atoms. The van der Waals surface area contributed by atoms with Crippen LogP contribution in [0.2, 0.25) is 0 Å². The minimum absolute atomic E-state index is 0.0721. The second-order valence-corrected chi connectivity index (χ2v) is 5.68. The zero-order valence-electron chi connectivity index (χ0n) is 15.8. The van der Waals surface area contributed by atoms with E-state index in [1.54, 1.807) is 23.3 Å². The zero-order valence-corrected chi connectivity index (χ0v) is 15.8. The summed E-state index contributed by atoms with van der Waals surface area (Å²) >= 11 is 0. The van der Waals surface area contributed by atoms with Crippen molar-refractivity contribution in [2.75, 3.05) is 33.2 Å². The maximum absolute atomic E-state index is 12.3. The molecule has 0 aromatic carbocycles. The first-order valence-corrected chi connectivity index (χ1v) is 8.81. The molecule has 1 amide bonds. The molecule has 2 N–H and O–H groups in total. The van der Waals surface area contributed by atoms with E-state index in [1.165, 1.54) is 0 Å². The second kappa shape index (κ2) is 9.59. The summed E-state index contributed by atoms with van der Waals surface area (Å²) < 4.78 is 5.28. The van der Waals surface area contributed by atoms with Crippen LogP contribution in [0.25, 0.3) is 11.6 Å². The van der Waals surface area contributed by atoms with Crippen molar-refractivity contribution < 1.29 is 9.21 Å². The first-order chi connectivity index (χ1) is 12.6. The van der Waals surface area contributed by atoms with Crippen molar-refractivity contribution in [3.8, 4) is 11.6 Å². The molecule has 0 aliphatic heterocycles. The molecule has 0 bridgehead atoms. The van der Waals surface area contributed by atoms with Crippen LogP contribution in [0.15, 0.2) is 27.8 Å². The van der Waals surface area contributed by atoms with Gasteiger partial charge in [-0.1, -0.05) is 0 Å². The van der Waals surface area contributed by atoms with E-state index in [1.807, 2.05) is 32.7 Å². The minimum Gasteiger partial charge on any atom is -0.461 e. The number of hydrogen-bond acceptors (Lipinski definition) is 5. The second-order valence-electron chi connectivity index (χ2n) is 5.68. The highest BCUT2D eigenvalue weighted by Gasteiger charge is 2.15. The normalized spacial score (nSPS) is 11.5. The molecule has 142 valence electrons. The number of H-pyrrole nitrogens is 1. The molecule has 0 aliphatic carbocycles. The van der Waals surface area contributed by atoms with Crippen molar-refractivity contribution in [1.82, 2.24) is 30.3 Å². The number of carbonyl (C=O) groups is 1. The number of amides is 1. The number of carbonyl (C=O) groups excluding carboxylic acids is 1.